The van der Waals surface area contributed by atoms with Crippen molar-refractivity contribution >= 4 is 29.3 Å². The number of hydrogen-bond donors (Lipinski definition) is 1. The number of amides is 1. The average molecular weight is 288 g/mol. The molecule has 0 aromatic carbocycles. The lowest BCUT2D eigenvalue weighted by molar-refractivity contribution is -0.112. The zero-order valence-electron chi connectivity index (χ0n) is 10.0. The lowest BCUT2D eigenvalue weighted by atomic mass is 10.4. The van der Waals surface area contributed by atoms with Crippen LogP contribution in [0.15, 0.2) is 44.8 Å². The fourth-order valence-electron chi connectivity index (χ4n) is 1.39. The molecular formula is C12H8N4O3S. The number of aromatic nitrogens is 3. The highest BCUT2D eigenvalue weighted by Gasteiger charge is 2.12. The monoisotopic (exact) mass is 288 g/mol. The van der Waals surface area contributed by atoms with E-state index in [2.05, 4.69) is 20.7 Å². The van der Waals surface area contributed by atoms with Crippen molar-refractivity contribution in [2.45, 2.75) is 0 Å². The van der Waals surface area contributed by atoms with Gasteiger partial charge in [0.1, 0.15) is 0 Å². The lowest BCUT2D eigenvalue weighted by Crippen LogP contribution is -2.07. The van der Waals surface area contributed by atoms with Crippen LogP contribution in [0.2, 0.25) is 0 Å². The van der Waals surface area contributed by atoms with Crippen LogP contribution in [0.4, 0.5) is 6.01 Å². The van der Waals surface area contributed by atoms with E-state index in [0.717, 1.165) is 4.88 Å². The lowest BCUT2D eigenvalue weighted by Gasteiger charge is -1.92. The van der Waals surface area contributed by atoms with E-state index in [1.54, 1.807) is 12.1 Å². The van der Waals surface area contributed by atoms with Gasteiger partial charge in [0.2, 0.25) is 5.76 Å². The van der Waals surface area contributed by atoms with Crippen LogP contribution in [-0.2, 0) is 4.79 Å². The normalized spacial score (nSPS) is 11.0. The summed E-state index contributed by atoms with van der Waals surface area (Å²) in [6, 6.07) is 5.39. The summed E-state index contributed by atoms with van der Waals surface area (Å²) in [4.78, 5) is 12.6. The standard InChI is InChI=1S/C12H8N4O3S/c17-10(4-3-8-2-1-7-20-8)14-12-16-15-11(18-12)9-5-6-13-19-9/h1-7H,(H,14,16,17)/b4-3+. The van der Waals surface area contributed by atoms with Crippen LogP contribution < -0.4 is 5.32 Å². The number of nitrogens with one attached hydrogen (secondary N) is 1. The number of hydrogen-bond acceptors (Lipinski definition) is 7. The van der Waals surface area contributed by atoms with E-state index in [1.165, 1.54) is 23.6 Å². The second-order valence-electron chi connectivity index (χ2n) is 3.63. The molecule has 0 aliphatic carbocycles. The molecule has 3 heterocycles. The van der Waals surface area contributed by atoms with Crippen LogP contribution in [0.25, 0.3) is 17.7 Å². The molecule has 1 N–H and O–H groups in total. The molecule has 0 aliphatic heterocycles. The summed E-state index contributed by atoms with van der Waals surface area (Å²) >= 11 is 1.54. The predicted molar refractivity (Wildman–Crippen MR) is 71.8 cm³/mol. The Bertz CT molecular complexity index is 716. The molecule has 0 unspecified atom stereocenters. The fraction of sp³-hybridized carbons (Fsp3) is 0. The van der Waals surface area contributed by atoms with Crippen LogP contribution in [0.5, 0.6) is 0 Å². The Morgan fingerprint density at radius 1 is 1.35 bits per heavy atom. The van der Waals surface area contributed by atoms with Gasteiger partial charge in [0, 0.05) is 17.0 Å². The quantitative estimate of drug-likeness (QED) is 0.741. The first-order valence-electron chi connectivity index (χ1n) is 5.58. The molecule has 0 saturated heterocycles. The van der Waals surface area contributed by atoms with Crippen molar-refractivity contribution in [3.63, 3.8) is 0 Å². The summed E-state index contributed by atoms with van der Waals surface area (Å²) in [6.07, 6.45) is 4.55. The highest BCUT2D eigenvalue weighted by molar-refractivity contribution is 7.10. The Labute approximate surface area is 116 Å². The van der Waals surface area contributed by atoms with E-state index >= 15 is 0 Å². The summed E-state index contributed by atoms with van der Waals surface area (Å²) in [5, 5.41) is 15.3. The van der Waals surface area contributed by atoms with Crippen LogP contribution in [0.1, 0.15) is 4.88 Å². The zero-order valence-corrected chi connectivity index (χ0v) is 10.8. The molecule has 0 aliphatic rings. The summed E-state index contributed by atoms with van der Waals surface area (Å²) in [6.45, 7) is 0. The van der Waals surface area contributed by atoms with Crippen LogP contribution >= 0.6 is 11.3 Å². The molecule has 0 atom stereocenters. The van der Waals surface area contributed by atoms with Gasteiger partial charge in [-0.3, -0.25) is 10.1 Å². The van der Waals surface area contributed by atoms with Gasteiger partial charge in [-0.05, 0) is 17.5 Å². The average Bonchev–Trinajstić information content (AvgIpc) is 3.18. The Kier molecular flexibility index (Phi) is 3.38. The second kappa shape index (κ2) is 5.49. The molecule has 0 bridgehead atoms. The molecule has 0 saturated carbocycles. The fourth-order valence-corrected chi connectivity index (χ4v) is 2.01. The number of nitrogens with zero attached hydrogens (tertiary/aromatic N) is 3. The van der Waals surface area contributed by atoms with Crippen LogP contribution in [0, 0.1) is 0 Å². The van der Waals surface area contributed by atoms with Crippen molar-refractivity contribution in [1.82, 2.24) is 15.4 Å². The SMILES string of the molecule is O=C(/C=C/c1cccs1)Nc1nnc(-c2ccno2)o1. The van der Waals surface area contributed by atoms with E-state index in [1.807, 2.05) is 17.5 Å². The molecule has 0 radical (unpaired) electrons. The van der Waals surface area contributed by atoms with Crippen molar-refractivity contribution in [3.8, 4) is 11.7 Å². The molecule has 0 fully saturated rings. The molecule has 3 rings (SSSR count). The van der Waals surface area contributed by atoms with Gasteiger partial charge >= 0.3 is 6.01 Å². The van der Waals surface area contributed by atoms with E-state index in [0.29, 0.717) is 5.76 Å². The highest BCUT2D eigenvalue weighted by atomic mass is 32.1. The van der Waals surface area contributed by atoms with Gasteiger partial charge in [0.25, 0.3) is 11.8 Å². The third-order valence-corrected chi connectivity index (χ3v) is 3.08. The molecule has 20 heavy (non-hydrogen) atoms. The first-order chi connectivity index (χ1) is 9.81. The van der Waals surface area contributed by atoms with E-state index in [9.17, 15) is 4.79 Å². The third-order valence-electron chi connectivity index (χ3n) is 2.25. The van der Waals surface area contributed by atoms with Crippen molar-refractivity contribution in [2.24, 2.45) is 0 Å². The Morgan fingerprint density at radius 3 is 3.05 bits per heavy atom. The van der Waals surface area contributed by atoms with E-state index < -0.39 is 0 Å². The number of rotatable bonds is 4. The maximum atomic E-state index is 11.6. The van der Waals surface area contributed by atoms with Crippen LogP contribution in [0.3, 0.4) is 0 Å². The van der Waals surface area contributed by atoms with Gasteiger partial charge in [0.05, 0.1) is 6.20 Å². The largest absolute Gasteiger partial charge is 0.400 e. The maximum Gasteiger partial charge on any atom is 0.322 e. The minimum atomic E-state index is -0.355. The summed E-state index contributed by atoms with van der Waals surface area (Å²) in [5.74, 6) is 0.137. The number of carbonyl (C=O) groups is 1. The van der Waals surface area contributed by atoms with Crippen molar-refractivity contribution in [1.29, 1.82) is 0 Å². The number of anilines is 1. The minimum absolute atomic E-state index is 0.00257. The summed E-state index contributed by atoms with van der Waals surface area (Å²) in [5.41, 5.74) is 0. The zero-order chi connectivity index (χ0) is 13.8. The van der Waals surface area contributed by atoms with Crippen molar-refractivity contribution in [3.05, 3.63) is 40.7 Å². The number of carbonyl (C=O) groups excluding carboxylic acids is 1. The van der Waals surface area contributed by atoms with Gasteiger partial charge < -0.3 is 8.94 Å². The first kappa shape index (κ1) is 12.3. The minimum Gasteiger partial charge on any atom is -0.400 e. The maximum absolute atomic E-state index is 11.6. The summed E-state index contributed by atoms with van der Waals surface area (Å²) < 4.78 is 10.1. The second-order valence-corrected chi connectivity index (χ2v) is 4.61. The van der Waals surface area contributed by atoms with E-state index in [4.69, 9.17) is 8.94 Å². The van der Waals surface area contributed by atoms with E-state index in [-0.39, 0.29) is 17.8 Å². The van der Waals surface area contributed by atoms with Gasteiger partial charge in [-0.15, -0.1) is 16.4 Å². The molecule has 0 spiro atoms. The molecule has 7 nitrogen and oxygen atoms in total. The van der Waals surface area contributed by atoms with Crippen molar-refractivity contribution < 1.29 is 13.7 Å². The molecule has 1 amide bonds. The number of thiophene rings is 1. The molecule has 3 aromatic heterocycles. The van der Waals surface area contributed by atoms with Crippen LogP contribution in [-0.4, -0.2) is 21.3 Å². The molecule has 8 heteroatoms. The van der Waals surface area contributed by atoms with Gasteiger partial charge in [-0.25, -0.2) is 0 Å². The summed E-state index contributed by atoms with van der Waals surface area (Å²) in [7, 11) is 0. The molecular weight excluding hydrogens is 280 g/mol. The topological polar surface area (TPSA) is 94.1 Å². The Morgan fingerprint density at radius 2 is 2.30 bits per heavy atom. The van der Waals surface area contributed by atoms with Gasteiger partial charge in [0.15, 0.2) is 0 Å². The predicted octanol–water partition coefficient (Wildman–Crippen LogP) is 2.44. The smallest absolute Gasteiger partial charge is 0.322 e. The first-order valence-corrected chi connectivity index (χ1v) is 6.46. The van der Waals surface area contributed by atoms with Gasteiger partial charge in [-0.2, -0.15) is 0 Å². The molecule has 100 valence electrons. The Hall–Kier alpha value is -2.74. The Balaban J connectivity index is 1.65. The van der Waals surface area contributed by atoms with Crippen molar-refractivity contribution in [2.75, 3.05) is 5.32 Å². The third kappa shape index (κ3) is 2.81. The van der Waals surface area contributed by atoms with Gasteiger partial charge in [-0.1, -0.05) is 16.3 Å². The highest BCUT2D eigenvalue weighted by Crippen LogP contribution is 2.18. The molecule has 3 aromatic rings.